The fourth-order valence-corrected chi connectivity index (χ4v) is 4.27. The van der Waals surface area contributed by atoms with Crippen LogP contribution in [0.3, 0.4) is 0 Å². The first-order chi connectivity index (χ1) is 16.1. The summed E-state index contributed by atoms with van der Waals surface area (Å²) in [5, 5.41) is 3.66. The lowest BCUT2D eigenvalue weighted by molar-refractivity contribution is -0.220. The number of aromatic nitrogens is 3. The number of sulfonamides is 1. The van der Waals surface area contributed by atoms with Gasteiger partial charge < -0.3 is 9.64 Å². The average molecular weight is 535 g/mol. The molecule has 0 fully saturated rings. The SMILES string of the molecule is Cc1nn(C)cc1S(=O)(=O)NC(=O)c1ccc(N2C=CN=C(OCC(C)(C)C(F)(F)F)C2)nc1Cl. The normalized spacial score (nSPS) is 14.6. The molecular weight excluding hydrogens is 513 g/mol. The molecule has 1 amide bonds. The van der Waals surface area contributed by atoms with Gasteiger partial charge in [-0.25, -0.2) is 23.1 Å². The third-order valence-corrected chi connectivity index (χ3v) is 6.72. The zero-order valence-electron chi connectivity index (χ0n) is 19.1. The average Bonchev–Trinajstić information content (AvgIpc) is 3.10. The van der Waals surface area contributed by atoms with Gasteiger partial charge in [0, 0.05) is 25.6 Å². The quantitative estimate of drug-likeness (QED) is 0.565. The maximum atomic E-state index is 13.1. The van der Waals surface area contributed by atoms with Crippen molar-refractivity contribution in [2.75, 3.05) is 18.1 Å². The molecule has 190 valence electrons. The molecule has 0 unspecified atom stereocenters. The Morgan fingerprint density at radius 1 is 1.29 bits per heavy atom. The number of nitrogens with zero attached hydrogens (tertiary/aromatic N) is 5. The van der Waals surface area contributed by atoms with Gasteiger partial charge >= 0.3 is 6.18 Å². The topological polar surface area (TPSA) is 119 Å². The van der Waals surface area contributed by atoms with E-state index in [9.17, 15) is 26.4 Å². The molecule has 0 aromatic carbocycles. The first-order valence-corrected chi connectivity index (χ1v) is 11.9. The Labute approximate surface area is 204 Å². The maximum Gasteiger partial charge on any atom is 0.397 e. The molecule has 0 saturated carbocycles. The predicted molar refractivity (Wildman–Crippen MR) is 122 cm³/mol. The van der Waals surface area contributed by atoms with Gasteiger partial charge in [0.05, 0.1) is 16.7 Å². The summed E-state index contributed by atoms with van der Waals surface area (Å²) in [4.78, 5) is 22.0. The first kappa shape index (κ1) is 26.5. The van der Waals surface area contributed by atoms with Gasteiger partial charge in [-0.1, -0.05) is 11.6 Å². The van der Waals surface area contributed by atoms with Gasteiger partial charge in [-0.15, -0.1) is 0 Å². The van der Waals surface area contributed by atoms with Crippen LogP contribution in [0.25, 0.3) is 0 Å². The third-order valence-electron chi connectivity index (χ3n) is 5.00. The number of aliphatic imine (C=N–C) groups is 1. The molecule has 0 bridgehead atoms. The highest BCUT2D eigenvalue weighted by Gasteiger charge is 2.48. The van der Waals surface area contributed by atoms with E-state index < -0.39 is 34.1 Å². The zero-order chi connectivity index (χ0) is 26.2. The van der Waals surface area contributed by atoms with Crippen LogP contribution in [0.4, 0.5) is 19.0 Å². The highest BCUT2D eigenvalue weighted by Crippen LogP contribution is 2.37. The van der Waals surface area contributed by atoms with E-state index in [1.807, 2.05) is 4.72 Å². The van der Waals surface area contributed by atoms with Crippen LogP contribution in [0.1, 0.15) is 29.9 Å². The van der Waals surface area contributed by atoms with Gasteiger partial charge in [-0.2, -0.15) is 18.3 Å². The highest BCUT2D eigenvalue weighted by atomic mass is 35.5. The van der Waals surface area contributed by atoms with Crippen molar-refractivity contribution >= 4 is 39.2 Å². The minimum Gasteiger partial charge on any atom is -0.479 e. The van der Waals surface area contributed by atoms with Gasteiger partial charge in [-0.05, 0) is 32.9 Å². The van der Waals surface area contributed by atoms with Crippen LogP contribution in [-0.4, -0.2) is 54.3 Å². The first-order valence-electron chi connectivity index (χ1n) is 10.0. The van der Waals surface area contributed by atoms with E-state index >= 15 is 0 Å². The Morgan fingerprint density at radius 3 is 2.54 bits per heavy atom. The number of carbonyl (C=O) groups excluding carboxylic acids is 1. The summed E-state index contributed by atoms with van der Waals surface area (Å²) in [5.41, 5.74) is -2.06. The second-order valence-corrected chi connectivity index (χ2v) is 10.3. The fourth-order valence-electron chi connectivity index (χ4n) is 2.85. The molecule has 1 N–H and O–H groups in total. The van der Waals surface area contributed by atoms with E-state index in [0.717, 1.165) is 13.8 Å². The molecule has 3 rings (SSSR count). The summed E-state index contributed by atoms with van der Waals surface area (Å²) in [7, 11) is -2.66. The minimum atomic E-state index is -4.45. The number of carbonyl (C=O) groups is 1. The molecule has 2 aromatic heterocycles. The molecule has 1 aliphatic heterocycles. The number of anilines is 1. The molecule has 0 spiro atoms. The summed E-state index contributed by atoms with van der Waals surface area (Å²) < 4.78 is 72.7. The number of alkyl halides is 3. The Morgan fingerprint density at radius 2 is 1.97 bits per heavy atom. The number of hydrogen-bond donors (Lipinski definition) is 1. The summed E-state index contributed by atoms with van der Waals surface area (Å²) in [5.74, 6) is -0.728. The summed E-state index contributed by atoms with van der Waals surface area (Å²) in [6.45, 7) is 2.86. The van der Waals surface area contributed by atoms with Crippen LogP contribution in [0.5, 0.6) is 0 Å². The van der Waals surface area contributed by atoms with Crippen molar-refractivity contribution in [3.05, 3.63) is 47.1 Å². The number of halogens is 4. The summed E-state index contributed by atoms with van der Waals surface area (Å²) >= 11 is 6.14. The van der Waals surface area contributed by atoms with E-state index in [1.165, 1.54) is 47.2 Å². The molecule has 10 nitrogen and oxygen atoms in total. The molecule has 0 atom stereocenters. The molecule has 3 heterocycles. The molecule has 0 saturated heterocycles. The number of ether oxygens (including phenoxy) is 1. The number of hydrogen-bond acceptors (Lipinski definition) is 8. The van der Waals surface area contributed by atoms with Crippen LogP contribution in [-0.2, 0) is 21.8 Å². The Hall–Kier alpha value is -3.13. The van der Waals surface area contributed by atoms with Crippen molar-refractivity contribution in [3.63, 3.8) is 0 Å². The monoisotopic (exact) mass is 534 g/mol. The minimum absolute atomic E-state index is 0.0301. The van der Waals surface area contributed by atoms with Crippen molar-refractivity contribution in [2.45, 2.75) is 31.8 Å². The highest BCUT2D eigenvalue weighted by molar-refractivity contribution is 7.90. The predicted octanol–water partition coefficient (Wildman–Crippen LogP) is 3.19. The standard InChI is InChI=1S/C20H22ClF3N6O4S/c1-12-14(9-29(4)27-12)35(32,33)28-18(31)13-5-6-15(26-17(13)21)30-8-7-25-16(10-30)34-11-19(2,3)20(22,23)24/h5-9H,10-11H2,1-4H3,(H,28,31). The van der Waals surface area contributed by atoms with E-state index in [-0.39, 0.29) is 39.6 Å². The second kappa shape index (κ2) is 9.49. The number of amides is 1. The molecule has 1 aliphatic rings. The Balaban J connectivity index is 1.70. The van der Waals surface area contributed by atoms with Gasteiger partial charge in [0.2, 0.25) is 5.90 Å². The molecule has 0 aliphatic carbocycles. The van der Waals surface area contributed by atoms with E-state index in [1.54, 1.807) is 7.05 Å². The molecular formula is C20H22ClF3N6O4S. The lowest BCUT2D eigenvalue weighted by Gasteiger charge is -2.29. The van der Waals surface area contributed by atoms with Crippen molar-refractivity contribution in [1.29, 1.82) is 0 Å². The third kappa shape index (κ3) is 5.93. The van der Waals surface area contributed by atoms with Gasteiger partial charge in [0.1, 0.15) is 29.0 Å². The lowest BCUT2D eigenvalue weighted by Crippen LogP contribution is -2.39. The van der Waals surface area contributed by atoms with Crippen LogP contribution in [0.15, 0.2) is 40.6 Å². The van der Waals surface area contributed by atoms with Crippen LogP contribution in [0, 0.1) is 12.3 Å². The van der Waals surface area contributed by atoms with E-state index in [0.29, 0.717) is 0 Å². The number of rotatable bonds is 6. The maximum absolute atomic E-state index is 13.1. The molecule has 0 radical (unpaired) electrons. The van der Waals surface area contributed by atoms with E-state index in [4.69, 9.17) is 16.3 Å². The summed E-state index contributed by atoms with van der Waals surface area (Å²) in [6, 6.07) is 2.67. The van der Waals surface area contributed by atoms with E-state index in [2.05, 4.69) is 15.1 Å². The number of pyridine rings is 1. The number of nitrogens with one attached hydrogen (secondary N) is 1. The molecule has 35 heavy (non-hydrogen) atoms. The van der Waals surface area contributed by atoms with Gasteiger partial charge in [-0.3, -0.25) is 9.48 Å². The van der Waals surface area contributed by atoms with Crippen LogP contribution < -0.4 is 9.62 Å². The molecule has 2 aromatic rings. The summed E-state index contributed by atoms with van der Waals surface area (Å²) in [6.07, 6.45) is -0.381. The van der Waals surface area contributed by atoms with Crippen molar-refractivity contribution in [3.8, 4) is 0 Å². The van der Waals surface area contributed by atoms with Crippen molar-refractivity contribution in [2.24, 2.45) is 17.5 Å². The number of aryl methyl sites for hydroxylation is 2. The largest absolute Gasteiger partial charge is 0.479 e. The lowest BCUT2D eigenvalue weighted by atomic mass is 9.94. The zero-order valence-corrected chi connectivity index (χ0v) is 20.7. The van der Waals surface area contributed by atoms with Crippen molar-refractivity contribution < 1.29 is 31.1 Å². The van der Waals surface area contributed by atoms with Gasteiger partial charge in [0.15, 0.2) is 0 Å². The molecule has 15 heteroatoms. The van der Waals surface area contributed by atoms with Crippen LogP contribution >= 0.6 is 11.6 Å². The van der Waals surface area contributed by atoms with Crippen LogP contribution in [0.2, 0.25) is 5.15 Å². The Bertz CT molecular complexity index is 1300. The second-order valence-electron chi connectivity index (χ2n) is 8.31. The fraction of sp³-hybridized carbons (Fsp3) is 0.400. The Kier molecular flexibility index (Phi) is 7.18. The van der Waals surface area contributed by atoms with Crippen molar-refractivity contribution in [1.82, 2.24) is 19.5 Å². The van der Waals surface area contributed by atoms with Gasteiger partial charge in [0.25, 0.3) is 15.9 Å². The smallest absolute Gasteiger partial charge is 0.397 e.